The van der Waals surface area contributed by atoms with E-state index in [1.807, 2.05) is 27.0 Å². The summed E-state index contributed by atoms with van der Waals surface area (Å²) < 4.78 is 1.80. The highest BCUT2D eigenvalue weighted by Crippen LogP contribution is 2.16. The number of carbonyl (C=O) groups excluding carboxylic acids is 1. The number of aromatic amines is 1. The Hall–Kier alpha value is -2.11. The van der Waals surface area contributed by atoms with E-state index in [9.17, 15) is 4.79 Å². The number of carbonyl (C=O) groups is 1. The molecule has 0 bridgehead atoms. The number of aryl methyl sites for hydroxylation is 2. The highest BCUT2D eigenvalue weighted by molar-refractivity contribution is 5.92. The van der Waals surface area contributed by atoms with Crippen LogP contribution in [0.2, 0.25) is 0 Å². The maximum absolute atomic E-state index is 12.1. The van der Waals surface area contributed by atoms with Gasteiger partial charge in [-0.05, 0) is 26.3 Å². The van der Waals surface area contributed by atoms with Crippen LogP contribution in [0.15, 0.2) is 12.3 Å². The van der Waals surface area contributed by atoms with Gasteiger partial charge < -0.3 is 5.32 Å². The number of hydrogen-bond donors (Lipinski definition) is 2. The predicted molar refractivity (Wildman–Crippen MR) is 76.4 cm³/mol. The molecular weight excluding hydrogens is 254 g/mol. The van der Waals surface area contributed by atoms with Crippen molar-refractivity contribution >= 4 is 5.91 Å². The lowest BCUT2D eigenvalue weighted by Gasteiger charge is -2.12. The molecule has 20 heavy (non-hydrogen) atoms. The number of rotatable bonds is 5. The zero-order chi connectivity index (χ0) is 14.7. The molecule has 2 aromatic heterocycles. The van der Waals surface area contributed by atoms with Crippen molar-refractivity contribution in [3.05, 3.63) is 34.9 Å². The average molecular weight is 275 g/mol. The molecular formula is C14H21N5O. The predicted octanol–water partition coefficient (Wildman–Crippen LogP) is 1.90. The van der Waals surface area contributed by atoms with Gasteiger partial charge >= 0.3 is 0 Å². The van der Waals surface area contributed by atoms with Crippen LogP contribution in [0.4, 0.5) is 0 Å². The molecule has 0 aliphatic carbocycles. The minimum Gasteiger partial charge on any atom is -0.344 e. The third kappa shape index (κ3) is 2.89. The van der Waals surface area contributed by atoms with E-state index >= 15 is 0 Å². The molecule has 2 rings (SSSR count). The topological polar surface area (TPSA) is 75.6 Å². The second-order valence-corrected chi connectivity index (χ2v) is 5.03. The van der Waals surface area contributed by atoms with Crippen molar-refractivity contribution in [2.24, 2.45) is 7.05 Å². The molecule has 1 atom stereocenters. The lowest BCUT2D eigenvalue weighted by molar-refractivity contribution is 0.0934. The van der Waals surface area contributed by atoms with E-state index in [0.29, 0.717) is 5.69 Å². The largest absolute Gasteiger partial charge is 0.344 e. The first-order chi connectivity index (χ1) is 9.52. The summed E-state index contributed by atoms with van der Waals surface area (Å²) in [4.78, 5) is 12.1. The maximum atomic E-state index is 12.1. The van der Waals surface area contributed by atoms with Gasteiger partial charge in [0.25, 0.3) is 5.91 Å². The number of nitrogens with one attached hydrogen (secondary N) is 2. The van der Waals surface area contributed by atoms with Gasteiger partial charge in [-0.15, -0.1) is 0 Å². The molecule has 6 heteroatoms. The van der Waals surface area contributed by atoms with Gasteiger partial charge in [-0.2, -0.15) is 10.2 Å². The molecule has 0 radical (unpaired) electrons. The van der Waals surface area contributed by atoms with Crippen LogP contribution in [-0.2, 0) is 13.5 Å². The number of nitrogens with zero attached hydrogens (tertiary/aromatic N) is 3. The first kappa shape index (κ1) is 14.3. The third-order valence-electron chi connectivity index (χ3n) is 3.47. The highest BCUT2D eigenvalue weighted by Gasteiger charge is 2.17. The Kier molecular flexibility index (Phi) is 4.22. The Balaban J connectivity index is 2.05. The fraction of sp³-hybridized carbons (Fsp3) is 0.500. The minimum absolute atomic E-state index is 0.0949. The molecule has 108 valence electrons. The van der Waals surface area contributed by atoms with Gasteiger partial charge in [0.1, 0.15) is 5.69 Å². The molecule has 0 aliphatic rings. The first-order valence-corrected chi connectivity index (χ1v) is 6.86. The molecule has 2 aromatic rings. The van der Waals surface area contributed by atoms with Crippen molar-refractivity contribution in [1.29, 1.82) is 0 Å². The van der Waals surface area contributed by atoms with Crippen LogP contribution in [0.3, 0.4) is 0 Å². The molecule has 0 aromatic carbocycles. The van der Waals surface area contributed by atoms with Crippen molar-refractivity contribution in [2.75, 3.05) is 0 Å². The molecule has 6 nitrogen and oxygen atoms in total. The molecule has 2 heterocycles. The van der Waals surface area contributed by atoms with Crippen molar-refractivity contribution in [2.45, 2.75) is 39.7 Å². The summed E-state index contributed by atoms with van der Waals surface area (Å²) >= 11 is 0. The zero-order valence-corrected chi connectivity index (χ0v) is 12.4. The summed E-state index contributed by atoms with van der Waals surface area (Å²) in [5, 5.41) is 14.1. The Bertz CT molecular complexity index is 598. The highest BCUT2D eigenvalue weighted by atomic mass is 16.2. The maximum Gasteiger partial charge on any atom is 0.272 e. The number of amides is 1. The molecule has 0 saturated heterocycles. The van der Waals surface area contributed by atoms with E-state index in [-0.39, 0.29) is 11.9 Å². The van der Waals surface area contributed by atoms with Crippen molar-refractivity contribution < 1.29 is 4.79 Å². The van der Waals surface area contributed by atoms with E-state index < -0.39 is 0 Å². The summed E-state index contributed by atoms with van der Waals surface area (Å²) in [7, 11) is 1.89. The number of H-pyrrole nitrogens is 1. The van der Waals surface area contributed by atoms with Crippen LogP contribution < -0.4 is 5.32 Å². The summed E-state index contributed by atoms with van der Waals surface area (Å²) in [6.45, 7) is 6.02. The standard InChI is InChI=1S/C14H21N5O/c1-5-6-11-7-13(18-17-11)14(20)16-9(2)12-8-15-19(4)10(12)3/h7-9H,5-6H2,1-4H3,(H,16,20)(H,17,18)/t9-/m0/s1. The first-order valence-electron chi connectivity index (χ1n) is 6.86. The number of hydrogen-bond acceptors (Lipinski definition) is 3. The van der Waals surface area contributed by atoms with Gasteiger partial charge in [-0.25, -0.2) is 0 Å². The molecule has 0 spiro atoms. The van der Waals surface area contributed by atoms with Crippen LogP contribution in [-0.4, -0.2) is 25.9 Å². The third-order valence-corrected chi connectivity index (χ3v) is 3.47. The molecule has 0 saturated carbocycles. The van der Waals surface area contributed by atoms with Gasteiger partial charge in [-0.1, -0.05) is 13.3 Å². The molecule has 2 N–H and O–H groups in total. The van der Waals surface area contributed by atoms with Crippen molar-refractivity contribution in [3.63, 3.8) is 0 Å². The monoisotopic (exact) mass is 275 g/mol. The van der Waals surface area contributed by atoms with Crippen molar-refractivity contribution in [1.82, 2.24) is 25.3 Å². The Morgan fingerprint density at radius 3 is 2.90 bits per heavy atom. The van der Waals surface area contributed by atoms with E-state index in [4.69, 9.17) is 0 Å². The molecule has 1 amide bonds. The molecule has 0 unspecified atom stereocenters. The SMILES string of the molecule is CCCc1cc(C(=O)N[C@@H](C)c2cnn(C)c2C)n[nH]1. The van der Waals surface area contributed by atoms with Crippen LogP contribution in [0.25, 0.3) is 0 Å². The Morgan fingerprint density at radius 1 is 1.55 bits per heavy atom. The normalized spacial score (nSPS) is 12.4. The molecule has 0 aliphatic heterocycles. The molecule has 0 fully saturated rings. The Labute approximate surface area is 118 Å². The fourth-order valence-electron chi connectivity index (χ4n) is 2.16. The zero-order valence-electron chi connectivity index (χ0n) is 12.4. The van der Waals surface area contributed by atoms with E-state index in [2.05, 4.69) is 27.5 Å². The lowest BCUT2D eigenvalue weighted by Crippen LogP contribution is -2.27. The van der Waals surface area contributed by atoms with Crippen molar-refractivity contribution in [3.8, 4) is 0 Å². The van der Waals surface area contributed by atoms with E-state index in [1.165, 1.54) is 0 Å². The average Bonchev–Trinajstić information content (AvgIpc) is 2.99. The summed E-state index contributed by atoms with van der Waals surface area (Å²) in [5.41, 5.74) is 3.49. The quantitative estimate of drug-likeness (QED) is 0.875. The van der Waals surface area contributed by atoms with Gasteiger partial charge in [0.15, 0.2) is 0 Å². The van der Waals surface area contributed by atoms with E-state index in [1.54, 1.807) is 10.9 Å². The fourth-order valence-corrected chi connectivity index (χ4v) is 2.16. The summed E-state index contributed by atoms with van der Waals surface area (Å²) in [6, 6.07) is 1.71. The van der Waals surface area contributed by atoms with Crippen LogP contribution in [0.1, 0.15) is 53.7 Å². The minimum atomic E-state index is -0.167. The number of aromatic nitrogens is 4. The summed E-state index contributed by atoms with van der Waals surface area (Å²) in [6.07, 6.45) is 3.71. The van der Waals surface area contributed by atoms with Crippen LogP contribution in [0.5, 0.6) is 0 Å². The van der Waals surface area contributed by atoms with E-state index in [0.717, 1.165) is 29.8 Å². The second kappa shape index (κ2) is 5.90. The lowest BCUT2D eigenvalue weighted by atomic mass is 10.1. The van der Waals surface area contributed by atoms with Gasteiger partial charge in [0.2, 0.25) is 0 Å². The van der Waals surface area contributed by atoms with Gasteiger partial charge in [0.05, 0.1) is 12.2 Å². The smallest absolute Gasteiger partial charge is 0.272 e. The van der Waals surface area contributed by atoms with Crippen LogP contribution >= 0.6 is 0 Å². The van der Waals surface area contributed by atoms with Gasteiger partial charge in [0, 0.05) is 24.0 Å². The second-order valence-electron chi connectivity index (χ2n) is 5.03. The Morgan fingerprint density at radius 2 is 2.30 bits per heavy atom. The summed E-state index contributed by atoms with van der Waals surface area (Å²) in [5.74, 6) is -0.167. The van der Waals surface area contributed by atoms with Crippen LogP contribution in [0, 0.1) is 6.92 Å². The van der Waals surface area contributed by atoms with Gasteiger partial charge in [-0.3, -0.25) is 14.6 Å².